The molecule has 0 saturated carbocycles. The lowest BCUT2D eigenvalue weighted by Gasteiger charge is -2.18. The van der Waals surface area contributed by atoms with E-state index in [0.717, 1.165) is 4.68 Å². The monoisotopic (exact) mass is 409 g/mol. The molecule has 4 aromatic rings. The van der Waals surface area contributed by atoms with Crippen molar-refractivity contribution < 1.29 is 18.7 Å². The molecule has 0 fully saturated rings. The quantitative estimate of drug-likeness (QED) is 0.501. The number of nitrogens with two attached hydrogens (primary N) is 1. The number of carbonyl (C=O) groups excluding carboxylic acids is 1. The molecule has 0 amide bonds. The molecule has 2 N–H and O–H groups in total. The number of ether oxygens (including phenoxy) is 2. The van der Waals surface area contributed by atoms with Gasteiger partial charge in [-0.2, -0.15) is 14.9 Å². The minimum atomic E-state index is -0.638. The van der Waals surface area contributed by atoms with Crippen LogP contribution in [0.2, 0.25) is 0 Å². The predicted molar refractivity (Wildman–Crippen MR) is 109 cm³/mol. The lowest BCUT2D eigenvalue weighted by molar-refractivity contribution is 0.0515. The van der Waals surface area contributed by atoms with Crippen molar-refractivity contribution >= 4 is 17.3 Å². The maximum absolute atomic E-state index is 14.2. The van der Waals surface area contributed by atoms with Gasteiger partial charge in [-0.3, -0.25) is 0 Å². The van der Waals surface area contributed by atoms with Crippen LogP contribution in [0.25, 0.3) is 16.8 Å². The van der Waals surface area contributed by atoms with Crippen LogP contribution in [0.4, 0.5) is 14.9 Å². The summed E-state index contributed by atoms with van der Waals surface area (Å²) in [6.07, 6.45) is 4.26. The van der Waals surface area contributed by atoms with Crippen molar-refractivity contribution in [2.24, 2.45) is 0 Å². The van der Waals surface area contributed by atoms with E-state index < -0.39 is 17.5 Å². The third kappa shape index (κ3) is 3.95. The first-order valence-electron chi connectivity index (χ1n) is 9.19. The first-order chi connectivity index (χ1) is 14.2. The number of nitrogen functional groups attached to an aromatic ring is 1. The van der Waals surface area contributed by atoms with Crippen LogP contribution >= 0.6 is 0 Å². The maximum atomic E-state index is 14.2. The molecule has 0 atom stereocenters. The van der Waals surface area contributed by atoms with Gasteiger partial charge in [0.15, 0.2) is 17.3 Å². The molecule has 0 unspecified atom stereocenters. The van der Waals surface area contributed by atoms with Crippen LogP contribution in [0.1, 0.15) is 20.8 Å². The average Bonchev–Trinajstić information content (AvgIpc) is 3.31. The summed E-state index contributed by atoms with van der Waals surface area (Å²) in [7, 11) is 0. The van der Waals surface area contributed by atoms with E-state index in [4.69, 9.17) is 15.2 Å². The fourth-order valence-electron chi connectivity index (χ4n) is 2.82. The Bertz CT molecular complexity index is 1240. The second-order valence-corrected chi connectivity index (χ2v) is 7.67. The maximum Gasteiger partial charge on any atom is 0.435 e. The number of carbonyl (C=O) groups is 1. The zero-order chi connectivity index (χ0) is 21.5. The zero-order valence-corrected chi connectivity index (χ0v) is 16.7. The van der Waals surface area contributed by atoms with Crippen molar-refractivity contribution in [3.05, 3.63) is 60.8 Å². The van der Waals surface area contributed by atoms with Crippen LogP contribution < -0.4 is 10.5 Å². The van der Waals surface area contributed by atoms with E-state index in [1.54, 1.807) is 61.9 Å². The summed E-state index contributed by atoms with van der Waals surface area (Å²) in [4.78, 5) is 12.2. The average molecular weight is 409 g/mol. The van der Waals surface area contributed by atoms with Crippen molar-refractivity contribution in [1.82, 2.24) is 19.4 Å². The van der Waals surface area contributed by atoms with Gasteiger partial charge in [0, 0.05) is 29.7 Å². The van der Waals surface area contributed by atoms with Crippen LogP contribution in [-0.4, -0.2) is 31.1 Å². The molecule has 0 bridgehead atoms. The molecule has 3 aromatic heterocycles. The Morgan fingerprint density at radius 1 is 1.13 bits per heavy atom. The molecular formula is C21H20FN5O3. The Morgan fingerprint density at radius 3 is 2.67 bits per heavy atom. The number of rotatable bonds is 3. The SMILES string of the molecule is CC(C)(C)OC(=O)n1ccc(-c2cc(Oc3ccc(N)cc3F)c3ccnn3c2)n1. The lowest BCUT2D eigenvalue weighted by Crippen LogP contribution is -2.27. The van der Waals surface area contributed by atoms with Gasteiger partial charge < -0.3 is 15.2 Å². The number of nitrogens with zero attached hydrogens (tertiary/aromatic N) is 4. The number of anilines is 1. The van der Waals surface area contributed by atoms with Gasteiger partial charge in [-0.1, -0.05) is 0 Å². The Hall–Kier alpha value is -3.88. The van der Waals surface area contributed by atoms with E-state index in [2.05, 4.69) is 10.2 Å². The van der Waals surface area contributed by atoms with Crippen LogP contribution in [0, 0.1) is 5.82 Å². The van der Waals surface area contributed by atoms with E-state index in [9.17, 15) is 9.18 Å². The minimum absolute atomic E-state index is 0.0312. The fraction of sp³-hybridized carbons (Fsp3) is 0.190. The largest absolute Gasteiger partial charge is 0.452 e. The molecule has 1 aromatic carbocycles. The van der Waals surface area contributed by atoms with E-state index in [1.807, 2.05) is 0 Å². The topological polar surface area (TPSA) is 96.7 Å². The molecule has 0 spiro atoms. The van der Waals surface area contributed by atoms with Crippen molar-refractivity contribution in [2.75, 3.05) is 5.73 Å². The van der Waals surface area contributed by atoms with Gasteiger partial charge in [0.1, 0.15) is 11.1 Å². The predicted octanol–water partition coefficient (Wildman–Crippen LogP) is 4.49. The minimum Gasteiger partial charge on any atom is -0.452 e. The Kier molecular flexibility index (Phi) is 4.65. The summed E-state index contributed by atoms with van der Waals surface area (Å²) in [5.74, 6) is -0.170. The molecule has 3 heterocycles. The molecular weight excluding hydrogens is 389 g/mol. The van der Waals surface area contributed by atoms with E-state index >= 15 is 0 Å². The van der Waals surface area contributed by atoms with Gasteiger partial charge in [-0.15, -0.1) is 0 Å². The summed E-state index contributed by atoms with van der Waals surface area (Å²) < 4.78 is 28.1. The number of halogens is 1. The van der Waals surface area contributed by atoms with Gasteiger partial charge in [0.25, 0.3) is 0 Å². The molecule has 8 nitrogen and oxygen atoms in total. The fourth-order valence-corrected chi connectivity index (χ4v) is 2.82. The van der Waals surface area contributed by atoms with E-state index in [1.165, 1.54) is 18.3 Å². The Labute approximate surface area is 171 Å². The van der Waals surface area contributed by atoms with Crippen LogP contribution in [0.3, 0.4) is 0 Å². The third-order valence-corrected chi connectivity index (χ3v) is 4.11. The molecule has 0 aliphatic carbocycles. The van der Waals surface area contributed by atoms with E-state index in [0.29, 0.717) is 28.2 Å². The Balaban J connectivity index is 1.70. The number of pyridine rings is 1. The molecule has 4 rings (SSSR count). The second-order valence-electron chi connectivity index (χ2n) is 7.67. The number of aromatic nitrogens is 4. The first-order valence-corrected chi connectivity index (χ1v) is 9.19. The van der Waals surface area contributed by atoms with Gasteiger partial charge in [0.2, 0.25) is 0 Å². The molecule has 154 valence electrons. The van der Waals surface area contributed by atoms with Gasteiger partial charge in [-0.25, -0.2) is 13.7 Å². The van der Waals surface area contributed by atoms with Gasteiger partial charge in [0.05, 0.1) is 11.9 Å². The van der Waals surface area contributed by atoms with Crippen LogP contribution in [-0.2, 0) is 4.74 Å². The van der Waals surface area contributed by atoms with Crippen molar-refractivity contribution in [3.63, 3.8) is 0 Å². The second kappa shape index (κ2) is 7.18. The summed E-state index contributed by atoms with van der Waals surface area (Å²) in [6, 6.07) is 9.32. The van der Waals surface area contributed by atoms with Crippen LogP contribution in [0.5, 0.6) is 11.5 Å². The molecule has 0 saturated heterocycles. The molecule has 0 radical (unpaired) electrons. The highest BCUT2D eigenvalue weighted by Crippen LogP contribution is 2.32. The number of benzene rings is 1. The van der Waals surface area contributed by atoms with Crippen LogP contribution in [0.15, 0.2) is 55.0 Å². The van der Waals surface area contributed by atoms with E-state index in [-0.39, 0.29) is 5.75 Å². The molecule has 0 aliphatic rings. The summed E-state index contributed by atoms with van der Waals surface area (Å²) in [5, 5.41) is 8.52. The number of hydrogen-bond acceptors (Lipinski definition) is 6. The zero-order valence-electron chi connectivity index (χ0n) is 16.7. The smallest absolute Gasteiger partial charge is 0.435 e. The summed E-state index contributed by atoms with van der Waals surface area (Å²) in [6.45, 7) is 5.34. The summed E-state index contributed by atoms with van der Waals surface area (Å²) >= 11 is 0. The standard InChI is InChI=1S/C21H20FN5O3/c1-21(2,3)30-20(28)26-9-7-16(25-26)13-10-19(17-6-8-24-27(17)12-13)29-18-5-4-14(23)11-15(18)22/h4-12H,23H2,1-3H3. The highest BCUT2D eigenvalue weighted by molar-refractivity contribution is 5.73. The molecule has 9 heteroatoms. The highest BCUT2D eigenvalue weighted by Gasteiger charge is 2.19. The van der Waals surface area contributed by atoms with Gasteiger partial charge >= 0.3 is 6.09 Å². The Morgan fingerprint density at radius 2 is 1.93 bits per heavy atom. The van der Waals surface area contributed by atoms with Crippen molar-refractivity contribution in [2.45, 2.75) is 26.4 Å². The molecule has 0 aliphatic heterocycles. The molecule has 30 heavy (non-hydrogen) atoms. The lowest BCUT2D eigenvalue weighted by atomic mass is 10.2. The van der Waals surface area contributed by atoms with Crippen molar-refractivity contribution in [1.29, 1.82) is 0 Å². The number of hydrogen-bond donors (Lipinski definition) is 1. The highest BCUT2D eigenvalue weighted by atomic mass is 19.1. The van der Waals surface area contributed by atoms with Crippen molar-refractivity contribution in [3.8, 4) is 22.8 Å². The number of fused-ring (bicyclic) bond motifs is 1. The van der Waals surface area contributed by atoms with Gasteiger partial charge in [-0.05, 0) is 51.1 Å². The first kappa shape index (κ1) is 19.4. The summed E-state index contributed by atoms with van der Waals surface area (Å²) in [5.41, 5.74) is 7.03. The normalized spacial score (nSPS) is 11.6. The third-order valence-electron chi connectivity index (χ3n) is 4.11.